The molecule has 0 saturated heterocycles. The fourth-order valence-electron chi connectivity index (χ4n) is 2.44. The zero-order chi connectivity index (χ0) is 18.5. The number of nitrogens with one attached hydrogen (secondary N) is 1. The lowest BCUT2D eigenvalue weighted by atomic mass is 10.2. The van der Waals surface area contributed by atoms with Crippen LogP contribution in [0.1, 0.15) is 20.9 Å². The van der Waals surface area contributed by atoms with Gasteiger partial charge in [-0.05, 0) is 29.6 Å². The Bertz CT molecular complexity index is 1120. The highest BCUT2D eigenvalue weighted by atomic mass is 32.1. The third-order valence-electron chi connectivity index (χ3n) is 3.73. The quantitative estimate of drug-likeness (QED) is 0.471. The first-order valence-corrected chi connectivity index (χ1v) is 10.0. The Balaban J connectivity index is 1.49. The number of benzene rings is 2. The Morgan fingerprint density at radius 3 is 2.63 bits per heavy atom. The van der Waals surface area contributed by atoms with Gasteiger partial charge in [0.15, 0.2) is 0 Å². The van der Waals surface area contributed by atoms with Crippen molar-refractivity contribution in [1.29, 1.82) is 0 Å². The first kappa shape index (κ1) is 17.2. The Morgan fingerprint density at radius 2 is 1.81 bits per heavy atom. The van der Waals surface area contributed by atoms with Gasteiger partial charge in [-0.2, -0.15) is 0 Å². The fraction of sp³-hybridized carbons (Fsp3) is 0. The van der Waals surface area contributed by atoms with Crippen LogP contribution in [-0.4, -0.2) is 10.9 Å². The molecule has 0 bridgehead atoms. The molecule has 0 aliphatic carbocycles. The molecule has 2 aromatic heterocycles. The molecule has 4 aromatic rings. The molecule has 4 rings (SSSR count). The summed E-state index contributed by atoms with van der Waals surface area (Å²) in [4.78, 5) is 18.0. The molecule has 1 N–H and O–H groups in total. The lowest BCUT2D eigenvalue weighted by molar-refractivity contribution is 0.102. The average molecular weight is 387 g/mol. The first-order chi connectivity index (χ1) is 13.3. The number of hydrogen-bond acceptors (Lipinski definition) is 4. The second kappa shape index (κ2) is 8.00. The average Bonchev–Trinajstić information content (AvgIpc) is 3.39. The summed E-state index contributed by atoms with van der Waals surface area (Å²) < 4.78 is 0. The van der Waals surface area contributed by atoms with Crippen LogP contribution in [0.3, 0.4) is 0 Å². The Kier molecular flexibility index (Phi) is 5.10. The molecule has 27 heavy (non-hydrogen) atoms. The van der Waals surface area contributed by atoms with Crippen molar-refractivity contribution >= 4 is 34.3 Å². The molecule has 0 spiro atoms. The van der Waals surface area contributed by atoms with Crippen molar-refractivity contribution in [3.63, 3.8) is 0 Å². The van der Waals surface area contributed by atoms with Crippen LogP contribution < -0.4 is 5.32 Å². The van der Waals surface area contributed by atoms with Crippen LogP contribution in [-0.2, 0) is 0 Å². The number of rotatable bonds is 3. The topological polar surface area (TPSA) is 42.0 Å². The van der Waals surface area contributed by atoms with E-state index in [1.165, 1.54) is 11.3 Å². The molecular weight excluding hydrogens is 372 g/mol. The Labute approximate surface area is 165 Å². The van der Waals surface area contributed by atoms with Crippen molar-refractivity contribution in [1.82, 2.24) is 4.98 Å². The number of hydrogen-bond donors (Lipinski definition) is 1. The van der Waals surface area contributed by atoms with E-state index in [4.69, 9.17) is 0 Å². The predicted molar refractivity (Wildman–Crippen MR) is 112 cm³/mol. The molecule has 3 nitrogen and oxygen atoms in total. The first-order valence-electron chi connectivity index (χ1n) is 8.26. The maximum Gasteiger partial charge on any atom is 0.275 e. The highest BCUT2D eigenvalue weighted by Gasteiger charge is 2.12. The van der Waals surface area contributed by atoms with Crippen LogP contribution in [0.5, 0.6) is 0 Å². The summed E-state index contributed by atoms with van der Waals surface area (Å²) in [6, 6.07) is 21.3. The molecule has 1 amide bonds. The Hall–Kier alpha value is -3.20. The van der Waals surface area contributed by atoms with Crippen LogP contribution in [0, 0.1) is 11.8 Å². The van der Waals surface area contributed by atoms with Gasteiger partial charge in [-0.15, -0.1) is 22.7 Å². The second-order valence-corrected chi connectivity index (χ2v) is 7.47. The van der Waals surface area contributed by atoms with E-state index in [9.17, 15) is 4.79 Å². The van der Waals surface area contributed by atoms with Gasteiger partial charge in [0.2, 0.25) is 0 Å². The van der Waals surface area contributed by atoms with Gasteiger partial charge < -0.3 is 5.32 Å². The van der Waals surface area contributed by atoms with Gasteiger partial charge in [-0.1, -0.05) is 54.3 Å². The molecule has 0 saturated carbocycles. The smallest absolute Gasteiger partial charge is 0.275 e. The van der Waals surface area contributed by atoms with Crippen molar-refractivity contribution < 1.29 is 4.79 Å². The van der Waals surface area contributed by atoms with E-state index in [0.29, 0.717) is 11.4 Å². The molecule has 0 aliphatic heterocycles. The Morgan fingerprint density at radius 1 is 0.926 bits per heavy atom. The molecule has 0 fully saturated rings. The van der Waals surface area contributed by atoms with Crippen molar-refractivity contribution in [2.75, 3.05) is 5.32 Å². The summed E-state index contributed by atoms with van der Waals surface area (Å²) in [5, 5.41) is 7.50. The minimum absolute atomic E-state index is 0.225. The summed E-state index contributed by atoms with van der Waals surface area (Å²) in [5.41, 5.74) is 2.97. The van der Waals surface area contributed by atoms with Crippen LogP contribution in [0.25, 0.3) is 10.6 Å². The summed E-state index contributed by atoms with van der Waals surface area (Å²) in [7, 11) is 0. The van der Waals surface area contributed by atoms with Crippen molar-refractivity contribution in [3.05, 3.63) is 93.6 Å². The summed E-state index contributed by atoms with van der Waals surface area (Å²) in [5.74, 6) is 6.02. The number of thiophene rings is 1. The van der Waals surface area contributed by atoms with Gasteiger partial charge in [0.05, 0.1) is 4.88 Å². The number of aromatic nitrogens is 1. The lowest BCUT2D eigenvalue weighted by Gasteiger charge is -2.03. The highest BCUT2D eigenvalue weighted by Crippen LogP contribution is 2.23. The van der Waals surface area contributed by atoms with Gasteiger partial charge in [-0.25, -0.2) is 4.98 Å². The molecule has 130 valence electrons. The standard InChI is InChI=1S/C22H14N2OS2/c25-21(20-15-27-22(24-20)17-7-2-1-3-8-17)23-18-9-4-6-16(14-18)11-12-19-10-5-13-26-19/h1-10,13-15H,(H,23,25). The largest absolute Gasteiger partial charge is 0.321 e. The second-order valence-electron chi connectivity index (χ2n) is 5.67. The molecule has 0 radical (unpaired) electrons. The van der Waals surface area contributed by atoms with E-state index in [1.807, 2.05) is 72.1 Å². The molecule has 2 aromatic carbocycles. The number of anilines is 1. The normalized spacial score (nSPS) is 10.1. The van der Waals surface area contributed by atoms with Crippen LogP contribution >= 0.6 is 22.7 Å². The highest BCUT2D eigenvalue weighted by molar-refractivity contribution is 7.13. The maximum absolute atomic E-state index is 12.5. The third-order valence-corrected chi connectivity index (χ3v) is 5.41. The molecular formula is C22H14N2OS2. The number of amides is 1. The van der Waals surface area contributed by atoms with Gasteiger partial charge in [0, 0.05) is 22.2 Å². The van der Waals surface area contributed by atoms with Crippen LogP contribution in [0.15, 0.2) is 77.5 Å². The van der Waals surface area contributed by atoms with Crippen LogP contribution in [0.4, 0.5) is 5.69 Å². The summed E-state index contributed by atoms with van der Waals surface area (Å²) in [6.45, 7) is 0. The lowest BCUT2D eigenvalue weighted by Crippen LogP contribution is -2.12. The van der Waals surface area contributed by atoms with Crippen LogP contribution in [0.2, 0.25) is 0 Å². The number of nitrogens with zero attached hydrogens (tertiary/aromatic N) is 1. The van der Waals surface area contributed by atoms with Crippen molar-refractivity contribution in [2.45, 2.75) is 0 Å². The molecule has 0 unspecified atom stereocenters. The van der Waals surface area contributed by atoms with E-state index in [1.54, 1.807) is 16.7 Å². The number of carbonyl (C=O) groups is 1. The van der Waals surface area contributed by atoms with E-state index < -0.39 is 0 Å². The maximum atomic E-state index is 12.5. The van der Waals surface area contributed by atoms with Gasteiger partial charge in [0.1, 0.15) is 10.7 Å². The van der Waals surface area contributed by atoms with Gasteiger partial charge in [-0.3, -0.25) is 4.79 Å². The van der Waals surface area contributed by atoms with Crippen molar-refractivity contribution in [3.8, 4) is 22.4 Å². The van der Waals surface area contributed by atoms with E-state index in [0.717, 1.165) is 21.0 Å². The van der Waals surface area contributed by atoms with Gasteiger partial charge >= 0.3 is 0 Å². The predicted octanol–water partition coefficient (Wildman–Crippen LogP) is 5.52. The van der Waals surface area contributed by atoms with E-state index in [-0.39, 0.29) is 5.91 Å². The van der Waals surface area contributed by atoms with E-state index >= 15 is 0 Å². The zero-order valence-corrected chi connectivity index (χ0v) is 15.8. The monoisotopic (exact) mass is 386 g/mol. The third kappa shape index (κ3) is 4.32. The molecule has 0 aliphatic rings. The number of carbonyl (C=O) groups excluding carboxylic acids is 1. The zero-order valence-electron chi connectivity index (χ0n) is 14.2. The number of thiazole rings is 1. The molecule has 5 heteroatoms. The minimum Gasteiger partial charge on any atom is -0.321 e. The SMILES string of the molecule is O=C(Nc1cccc(C#Cc2cccs2)c1)c1csc(-c2ccccc2)n1. The van der Waals surface area contributed by atoms with Crippen molar-refractivity contribution in [2.24, 2.45) is 0 Å². The van der Waals surface area contributed by atoms with Gasteiger partial charge in [0.25, 0.3) is 5.91 Å². The summed E-state index contributed by atoms with van der Waals surface area (Å²) >= 11 is 3.06. The minimum atomic E-state index is -0.225. The molecule has 0 atom stereocenters. The fourth-order valence-corrected chi connectivity index (χ4v) is 3.82. The van der Waals surface area contributed by atoms with E-state index in [2.05, 4.69) is 22.1 Å². The molecule has 2 heterocycles. The summed E-state index contributed by atoms with van der Waals surface area (Å²) in [6.07, 6.45) is 0.